The zero-order valence-corrected chi connectivity index (χ0v) is 13.4. The molecule has 1 unspecified atom stereocenters. The number of nitrogens with zero attached hydrogens (tertiary/aromatic N) is 1. The minimum absolute atomic E-state index is 0.205. The number of rotatable bonds is 5. The monoisotopic (exact) mass is 349 g/mol. The first-order chi connectivity index (χ1) is 8.78. The van der Waals surface area contributed by atoms with Crippen molar-refractivity contribution >= 4 is 31.9 Å². The molecule has 0 aliphatic heterocycles. The molecule has 0 aliphatic carbocycles. The van der Waals surface area contributed by atoms with Crippen molar-refractivity contribution in [1.29, 1.82) is 0 Å². The molecule has 0 aromatic heterocycles. The smallest absolute Gasteiger partial charge is 0.325 e. The molecule has 0 N–H and O–H groups in total. The number of sulfonamides is 1. The third-order valence-corrected chi connectivity index (χ3v) is 5.35. The fourth-order valence-corrected chi connectivity index (χ4v) is 2.97. The van der Waals surface area contributed by atoms with Gasteiger partial charge in [-0.2, -0.15) is 4.31 Å². The predicted molar refractivity (Wildman–Crippen MR) is 76.0 cm³/mol. The Bertz CT molecular complexity index is 541. The summed E-state index contributed by atoms with van der Waals surface area (Å²) in [5.74, 6) is -0.761. The maximum absolute atomic E-state index is 12.1. The average Bonchev–Trinajstić information content (AvgIpc) is 2.39. The molecule has 1 aromatic carbocycles. The maximum atomic E-state index is 12.1. The van der Waals surface area contributed by atoms with Crippen LogP contribution in [0, 0.1) is 0 Å². The molecule has 5 nitrogen and oxygen atoms in total. The lowest BCUT2D eigenvalue weighted by Crippen LogP contribution is -2.39. The van der Waals surface area contributed by atoms with Crippen LogP contribution < -0.4 is 0 Å². The second-order valence-electron chi connectivity index (χ2n) is 4.09. The van der Waals surface area contributed by atoms with E-state index < -0.39 is 21.2 Å². The normalized spacial score (nSPS) is 13.3. The van der Waals surface area contributed by atoms with Gasteiger partial charge in [-0.25, -0.2) is 8.42 Å². The SMILES string of the molecule is COC(=O)C(C)S(=O)(=O)N(C)Cc1ccc(Br)cc1. The number of hydrogen-bond donors (Lipinski definition) is 0. The molecule has 19 heavy (non-hydrogen) atoms. The van der Waals surface area contributed by atoms with Crippen LogP contribution in [0.5, 0.6) is 0 Å². The van der Waals surface area contributed by atoms with Crippen molar-refractivity contribution in [2.24, 2.45) is 0 Å². The fourth-order valence-electron chi connectivity index (χ4n) is 1.49. The summed E-state index contributed by atoms with van der Waals surface area (Å²) in [5, 5.41) is -1.21. The van der Waals surface area contributed by atoms with Gasteiger partial charge >= 0.3 is 5.97 Å². The van der Waals surface area contributed by atoms with Crippen LogP contribution >= 0.6 is 15.9 Å². The fraction of sp³-hybridized carbons (Fsp3) is 0.417. The number of carbonyl (C=O) groups is 1. The van der Waals surface area contributed by atoms with Crippen molar-refractivity contribution < 1.29 is 17.9 Å². The van der Waals surface area contributed by atoms with E-state index in [0.29, 0.717) is 0 Å². The van der Waals surface area contributed by atoms with Crippen molar-refractivity contribution in [3.63, 3.8) is 0 Å². The second-order valence-corrected chi connectivity index (χ2v) is 7.37. The molecule has 0 saturated heterocycles. The third kappa shape index (κ3) is 4.02. The molecule has 0 fully saturated rings. The number of methoxy groups -OCH3 is 1. The van der Waals surface area contributed by atoms with Crippen LogP contribution in [0.15, 0.2) is 28.7 Å². The number of ether oxygens (including phenoxy) is 1. The zero-order valence-electron chi connectivity index (χ0n) is 11.0. The molecule has 0 bridgehead atoms. The van der Waals surface area contributed by atoms with E-state index in [2.05, 4.69) is 20.7 Å². The largest absolute Gasteiger partial charge is 0.468 e. The van der Waals surface area contributed by atoms with Crippen molar-refractivity contribution in [2.45, 2.75) is 18.7 Å². The summed E-state index contributed by atoms with van der Waals surface area (Å²) in [6.45, 7) is 1.52. The first-order valence-electron chi connectivity index (χ1n) is 5.56. The van der Waals surface area contributed by atoms with E-state index in [1.54, 1.807) is 0 Å². The van der Waals surface area contributed by atoms with E-state index in [0.717, 1.165) is 14.3 Å². The minimum atomic E-state index is -3.71. The van der Waals surface area contributed by atoms with Gasteiger partial charge in [-0.15, -0.1) is 0 Å². The highest BCUT2D eigenvalue weighted by molar-refractivity contribution is 9.10. The van der Waals surface area contributed by atoms with Crippen molar-refractivity contribution in [1.82, 2.24) is 4.31 Å². The lowest BCUT2D eigenvalue weighted by Gasteiger charge is -2.20. The topological polar surface area (TPSA) is 63.7 Å². The Balaban J connectivity index is 2.84. The summed E-state index contributed by atoms with van der Waals surface area (Å²) in [6, 6.07) is 7.30. The summed E-state index contributed by atoms with van der Waals surface area (Å²) in [4.78, 5) is 11.3. The van der Waals surface area contributed by atoms with E-state index in [4.69, 9.17) is 0 Å². The molecule has 0 amide bonds. The van der Waals surface area contributed by atoms with E-state index in [1.165, 1.54) is 21.1 Å². The standard InChI is InChI=1S/C12H16BrNO4S/c1-9(12(15)18-3)19(16,17)14(2)8-10-4-6-11(13)7-5-10/h4-7,9H,8H2,1-3H3. The first kappa shape index (κ1) is 16.1. The summed E-state index contributed by atoms with van der Waals surface area (Å²) >= 11 is 3.31. The number of hydrogen-bond acceptors (Lipinski definition) is 4. The minimum Gasteiger partial charge on any atom is -0.468 e. The Morgan fingerprint density at radius 2 is 1.89 bits per heavy atom. The molecule has 106 valence electrons. The molecule has 1 atom stereocenters. The first-order valence-corrected chi connectivity index (χ1v) is 7.86. The highest BCUT2D eigenvalue weighted by Crippen LogP contribution is 2.15. The quantitative estimate of drug-likeness (QED) is 0.760. The molecule has 0 heterocycles. The van der Waals surface area contributed by atoms with Crippen LogP contribution in [-0.4, -0.2) is 38.1 Å². The van der Waals surface area contributed by atoms with E-state index in [9.17, 15) is 13.2 Å². The summed E-state index contributed by atoms with van der Waals surface area (Å²) in [5.41, 5.74) is 0.839. The molecule has 0 aliphatic rings. The van der Waals surface area contributed by atoms with Crippen LogP contribution in [0.25, 0.3) is 0 Å². The van der Waals surface area contributed by atoms with Crippen molar-refractivity contribution in [3.05, 3.63) is 34.3 Å². The highest BCUT2D eigenvalue weighted by atomic mass is 79.9. The van der Waals surface area contributed by atoms with E-state index >= 15 is 0 Å². The van der Waals surface area contributed by atoms with Crippen molar-refractivity contribution in [2.75, 3.05) is 14.2 Å². The van der Waals surface area contributed by atoms with Gasteiger partial charge in [0.2, 0.25) is 10.0 Å². The molecule has 1 rings (SSSR count). The number of benzene rings is 1. The third-order valence-electron chi connectivity index (χ3n) is 2.73. The van der Waals surface area contributed by atoms with Crippen LogP contribution in [0.3, 0.4) is 0 Å². The van der Waals surface area contributed by atoms with E-state index in [-0.39, 0.29) is 6.54 Å². The Morgan fingerprint density at radius 3 is 2.37 bits per heavy atom. The lowest BCUT2D eigenvalue weighted by molar-refractivity contribution is -0.139. The second kappa shape index (κ2) is 6.49. The van der Waals surface area contributed by atoms with Gasteiger partial charge in [0.1, 0.15) is 0 Å². The van der Waals surface area contributed by atoms with Gasteiger partial charge in [0.05, 0.1) is 7.11 Å². The molecular formula is C12H16BrNO4S. The summed E-state index contributed by atoms with van der Waals surface area (Å²) < 4.78 is 30.8. The van der Waals surface area contributed by atoms with Crippen LogP contribution in [0.2, 0.25) is 0 Å². The predicted octanol–water partition coefficient (Wildman–Crippen LogP) is 1.77. The Labute approximate surface area is 121 Å². The van der Waals surface area contributed by atoms with Crippen LogP contribution in [0.4, 0.5) is 0 Å². The Kier molecular flexibility index (Phi) is 5.51. The lowest BCUT2D eigenvalue weighted by atomic mass is 10.2. The van der Waals surface area contributed by atoms with Crippen LogP contribution in [-0.2, 0) is 26.1 Å². The molecule has 0 saturated carbocycles. The van der Waals surface area contributed by atoms with Crippen molar-refractivity contribution in [3.8, 4) is 0 Å². The van der Waals surface area contributed by atoms with Gasteiger partial charge in [-0.1, -0.05) is 28.1 Å². The maximum Gasteiger partial charge on any atom is 0.325 e. The van der Waals surface area contributed by atoms with Gasteiger partial charge in [0, 0.05) is 18.1 Å². The van der Waals surface area contributed by atoms with Gasteiger partial charge < -0.3 is 4.74 Å². The number of esters is 1. The molecular weight excluding hydrogens is 334 g/mol. The zero-order chi connectivity index (χ0) is 14.6. The van der Waals surface area contributed by atoms with Gasteiger partial charge in [0.15, 0.2) is 5.25 Å². The number of halogens is 1. The molecule has 0 radical (unpaired) electrons. The Morgan fingerprint density at radius 1 is 1.37 bits per heavy atom. The van der Waals surface area contributed by atoms with E-state index in [1.807, 2.05) is 24.3 Å². The van der Waals surface area contributed by atoms with Crippen LogP contribution in [0.1, 0.15) is 12.5 Å². The summed E-state index contributed by atoms with van der Waals surface area (Å²) in [6.07, 6.45) is 0. The molecule has 0 spiro atoms. The molecule has 7 heteroatoms. The summed E-state index contributed by atoms with van der Waals surface area (Å²) in [7, 11) is -1.10. The van der Waals surface area contributed by atoms with Gasteiger partial charge in [0.25, 0.3) is 0 Å². The van der Waals surface area contributed by atoms with Gasteiger partial charge in [-0.3, -0.25) is 4.79 Å². The molecule has 1 aromatic rings. The Hall–Kier alpha value is -0.920. The van der Waals surface area contributed by atoms with Gasteiger partial charge in [-0.05, 0) is 24.6 Å². The highest BCUT2D eigenvalue weighted by Gasteiger charge is 2.32. The number of carbonyl (C=O) groups excluding carboxylic acids is 1. The average molecular weight is 350 g/mol.